The molecule has 0 spiro atoms. The molecule has 1 N–H and O–H groups in total. The van der Waals surface area contributed by atoms with Gasteiger partial charge in [0.2, 0.25) is 0 Å². The van der Waals surface area contributed by atoms with Gasteiger partial charge in [0, 0.05) is 35.7 Å². The van der Waals surface area contributed by atoms with Gasteiger partial charge in [-0.15, -0.1) is 0 Å². The Labute approximate surface area is 132 Å². The summed E-state index contributed by atoms with van der Waals surface area (Å²) in [4.78, 5) is 0. The van der Waals surface area contributed by atoms with Gasteiger partial charge in [-0.3, -0.25) is 0 Å². The molecule has 0 amide bonds. The first-order valence-electron chi connectivity index (χ1n) is 8.03. The molecule has 22 heavy (non-hydrogen) atoms. The van der Waals surface area contributed by atoms with E-state index in [1.807, 2.05) is 0 Å². The van der Waals surface area contributed by atoms with Crippen LogP contribution in [-0.4, -0.2) is 4.57 Å². The van der Waals surface area contributed by atoms with Crippen LogP contribution in [0.1, 0.15) is 44.0 Å². The topological polar surface area (TPSA) is 17.0 Å². The Bertz CT molecular complexity index is 741. The van der Waals surface area contributed by atoms with Gasteiger partial charge < -0.3 is 9.88 Å². The summed E-state index contributed by atoms with van der Waals surface area (Å²) < 4.78 is 2.36. The minimum Gasteiger partial charge on any atom is -0.345 e. The fraction of sp³-hybridized carbons (Fsp3) is 0.300. The van der Waals surface area contributed by atoms with E-state index < -0.39 is 0 Å². The monoisotopic (exact) mass is 292 g/mol. The number of nitrogens with one attached hydrogen (secondary N) is 1. The first kappa shape index (κ1) is 14.9. The Morgan fingerprint density at radius 3 is 2.32 bits per heavy atom. The second-order valence-electron chi connectivity index (χ2n) is 6.19. The molecule has 1 atom stereocenters. The van der Waals surface area contributed by atoms with Crippen LogP contribution in [0, 0.1) is 0 Å². The van der Waals surface area contributed by atoms with Crippen molar-refractivity contribution in [3.63, 3.8) is 0 Å². The zero-order valence-electron chi connectivity index (χ0n) is 13.6. The fourth-order valence-electron chi connectivity index (χ4n) is 2.97. The molecular weight excluding hydrogens is 268 g/mol. The predicted octanol–water partition coefficient (Wildman–Crippen LogP) is 5.07. The number of fused-ring (bicyclic) bond motifs is 1. The largest absolute Gasteiger partial charge is 0.345 e. The number of benzene rings is 2. The molecule has 0 unspecified atom stereocenters. The molecule has 0 saturated carbocycles. The van der Waals surface area contributed by atoms with Crippen LogP contribution in [0.3, 0.4) is 0 Å². The fourth-order valence-corrected chi connectivity index (χ4v) is 2.97. The number of nitrogens with zero attached hydrogens (tertiary/aromatic N) is 1. The summed E-state index contributed by atoms with van der Waals surface area (Å²) in [7, 11) is 0. The van der Waals surface area contributed by atoms with E-state index in [1.54, 1.807) is 0 Å². The molecule has 0 fully saturated rings. The lowest BCUT2D eigenvalue weighted by Crippen LogP contribution is -2.17. The minimum atomic E-state index is 0.349. The molecule has 0 aliphatic heterocycles. The highest BCUT2D eigenvalue weighted by molar-refractivity contribution is 5.84. The second-order valence-corrected chi connectivity index (χ2v) is 6.19. The quantitative estimate of drug-likeness (QED) is 0.694. The maximum absolute atomic E-state index is 3.65. The summed E-state index contributed by atoms with van der Waals surface area (Å²) in [5, 5.41) is 5.00. The van der Waals surface area contributed by atoms with Crippen molar-refractivity contribution in [2.24, 2.45) is 0 Å². The van der Waals surface area contributed by atoms with Crippen LogP contribution in [0.15, 0.2) is 60.8 Å². The molecule has 0 saturated heterocycles. The third kappa shape index (κ3) is 2.93. The van der Waals surface area contributed by atoms with Gasteiger partial charge in [0.15, 0.2) is 0 Å². The van der Waals surface area contributed by atoms with Crippen molar-refractivity contribution < 1.29 is 0 Å². The number of para-hydroxylation sites is 1. The molecule has 1 heterocycles. The van der Waals surface area contributed by atoms with Crippen LogP contribution < -0.4 is 5.32 Å². The molecule has 114 valence electrons. The zero-order chi connectivity index (χ0) is 15.5. The molecule has 2 nitrogen and oxygen atoms in total. The summed E-state index contributed by atoms with van der Waals surface area (Å²) in [5.74, 6) is 0. The third-order valence-corrected chi connectivity index (χ3v) is 4.28. The Kier molecular flexibility index (Phi) is 4.30. The summed E-state index contributed by atoms with van der Waals surface area (Å²) in [6.07, 6.45) is 2.29. The Morgan fingerprint density at radius 2 is 1.59 bits per heavy atom. The van der Waals surface area contributed by atoms with E-state index in [-0.39, 0.29) is 0 Å². The van der Waals surface area contributed by atoms with Crippen LogP contribution in [0.25, 0.3) is 10.9 Å². The highest BCUT2D eigenvalue weighted by Crippen LogP contribution is 2.25. The SMILES string of the molecule is CC(C)n1cc(CN[C@@H](C)c2ccccc2)c2ccccc21. The normalized spacial score (nSPS) is 12.9. The molecule has 0 radical (unpaired) electrons. The number of hydrogen-bond donors (Lipinski definition) is 1. The van der Waals surface area contributed by atoms with Gasteiger partial charge >= 0.3 is 0 Å². The second kappa shape index (κ2) is 6.37. The van der Waals surface area contributed by atoms with Gasteiger partial charge in [0.05, 0.1) is 0 Å². The van der Waals surface area contributed by atoms with E-state index in [2.05, 4.69) is 91.4 Å². The lowest BCUT2D eigenvalue weighted by atomic mass is 10.1. The lowest BCUT2D eigenvalue weighted by molar-refractivity contribution is 0.571. The van der Waals surface area contributed by atoms with Crippen molar-refractivity contribution in [1.82, 2.24) is 9.88 Å². The van der Waals surface area contributed by atoms with Crippen molar-refractivity contribution in [3.05, 3.63) is 71.9 Å². The number of aromatic nitrogens is 1. The van der Waals surface area contributed by atoms with E-state index in [0.29, 0.717) is 12.1 Å². The Morgan fingerprint density at radius 1 is 0.909 bits per heavy atom. The summed E-state index contributed by atoms with van der Waals surface area (Å²) in [6.45, 7) is 7.57. The predicted molar refractivity (Wildman–Crippen MR) is 94.0 cm³/mol. The van der Waals surface area contributed by atoms with E-state index in [0.717, 1.165) is 6.54 Å². The van der Waals surface area contributed by atoms with E-state index in [1.165, 1.54) is 22.0 Å². The standard InChI is InChI=1S/C20H24N2/c1-15(2)22-14-18(19-11-7-8-12-20(19)22)13-21-16(3)17-9-5-4-6-10-17/h4-12,14-16,21H,13H2,1-3H3/t16-/m0/s1. The molecule has 0 aliphatic carbocycles. The van der Waals surface area contributed by atoms with Crippen molar-refractivity contribution in [2.75, 3.05) is 0 Å². The molecule has 0 aliphatic rings. The molecule has 0 bridgehead atoms. The maximum Gasteiger partial charge on any atom is 0.0486 e. The van der Waals surface area contributed by atoms with Crippen molar-refractivity contribution >= 4 is 10.9 Å². The van der Waals surface area contributed by atoms with Gasteiger partial charge in [-0.2, -0.15) is 0 Å². The average molecular weight is 292 g/mol. The molecular formula is C20H24N2. The summed E-state index contributed by atoms with van der Waals surface area (Å²) >= 11 is 0. The van der Waals surface area contributed by atoms with Crippen LogP contribution in [0.4, 0.5) is 0 Å². The van der Waals surface area contributed by atoms with Crippen LogP contribution in [0.5, 0.6) is 0 Å². The van der Waals surface area contributed by atoms with Gasteiger partial charge in [0.1, 0.15) is 0 Å². The molecule has 1 aromatic heterocycles. The Balaban J connectivity index is 1.82. The zero-order valence-corrected chi connectivity index (χ0v) is 13.6. The first-order chi connectivity index (χ1) is 10.7. The third-order valence-electron chi connectivity index (χ3n) is 4.28. The summed E-state index contributed by atoms with van der Waals surface area (Å²) in [6, 6.07) is 20.1. The van der Waals surface area contributed by atoms with E-state index in [9.17, 15) is 0 Å². The molecule has 2 aromatic carbocycles. The molecule has 3 aromatic rings. The molecule has 3 rings (SSSR count). The van der Waals surface area contributed by atoms with Crippen molar-refractivity contribution in [1.29, 1.82) is 0 Å². The smallest absolute Gasteiger partial charge is 0.0486 e. The average Bonchev–Trinajstić information content (AvgIpc) is 2.92. The van der Waals surface area contributed by atoms with Crippen molar-refractivity contribution in [2.45, 2.75) is 39.4 Å². The first-order valence-corrected chi connectivity index (χ1v) is 8.03. The van der Waals surface area contributed by atoms with Gasteiger partial charge in [-0.1, -0.05) is 48.5 Å². The Hall–Kier alpha value is -2.06. The number of rotatable bonds is 5. The van der Waals surface area contributed by atoms with Crippen LogP contribution >= 0.6 is 0 Å². The van der Waals surface area contributed by atoms with E-state index in [4.69, 9.17) is 0 Å². The summed E-state index contributed by atoms with van der Waals surface area (Å²) in [5.41, 5.74) is 4.02. The maximum atomic E-state index is 3.65. The van der Waals surface area contributed by atoms with Gasteiger partial charge in [0.25, 0.3) is 0 Å². The highest BCUT2D eigenvalue weighted by atomic mass is 15.0. The highest BCUT2D eigenvalue weighted by Gasteiger charge is 2.11. The van der Waals surface area contributed by atoms with Crippen LogP contribution in [0.2, 0.25) is 0 Å². The number of hydrogen-bond acceptors (Lipinski definition) is 1. The van der Waals surface area contributed by atoms with Gasteiger partial charge in [-0.25, -0.2) is 0 Å². The molecule has 2 heteroatoms. The van der Waals surface area contributed by atoms with Crippen molar-refractivity contribution in [3.8, 4) is 0 Å². The lowest BCUT2D eigenvalue weighted by Gasteiger charge is -2.13. The van der Waals surface area contributed by atoms with Crippen LogP contribution in [-0.2, 0) is 6.54 Å². The minimum absolute atomic E-state index is 0.349. The van der Waals surface area contributed by atoms with E-state index >= 15 is 0 Å². The van der Waals surface area contributed by atoms with Gasteiger partial charge in [-0.05, 0) is 38.0 Å².